The van der Waals surface area contributed by atoms with Crippen LogP contribution in [0.25, 0.3) is 17.1 Å². The fraction of sp³-hybridized carbons (Fsp3) is 0.136. The predicted octanol–water partition coefficient (Wildman–Crippen LogP) is 4.01. The Balaban J connectivity index is 0.00000256. The van der Waals surface area contributed by atoms with Crippen LogP contribution in [0.2, 0.25) is 0 Å². The van der Waals surface area contributed by atoms with E-state index in [0.717, 1.165) is 22.5 Å². The van der Waals surface area contributed by atoms with Gasteiger partial charge in [-0.2, -0.15) is 0 Å². The molecule has 2 heterocycles. The van der Waals surface area contributed by atoms with Gasteiger partial charge in [-0.3, -0.25) is 4.99 Å². The number of imidazole rings is 1. The van der Waals surface area contributed by atoms with Gasteiger partial charge < -0.3 is 19.6 Å². The number of halogens is 1. The summed E-state index contributed by atoms with van der Waals surface area (Å²) in [4.78, 5) is 13.0. The summed E-state index contributed by atoms with van der Waals surface area (Å²) < 4.78 is 7.58. The molecule has 7 nitrogen and oxygen atoms in total. The number of nitrogens with one attached hydrogen (secondary N) is 2. The average molecular weight is 514 g/mol. The van der Waals surface area contributed by atoms with E-state index in [-0.39, 0.29) is 24.0 Å². The molecule has 154 valence electrons. The van der Waals surface area contributed by atoms with Crippen LogP contribution in [0.4, 0.5) is 0 Å². The predicted molar refractivity (Wildman–Crippen MR) is 128 cm³/mol. The number of para-hydroxylation sites is 1. The first-order valence-corrected chi connectivity index (χ1v) is 9.34. The average Bonchev–Trinajstić information content (AvgIpc) is 3.47. The Morgan fingerprint density at radius 2 is 1.80 bits per heavy atom. The Bertz CT molecular complexity index is 1080. The number of oxazole rings is 1. The lowest BCUT2D eigenvalue weighted by atomic mass is 10.1. The van der Waals surface area contributed by atoms with Crippen molar-refractivity contribution < 1.29 is 4.42 Å². The highest BCUT2D eigenvalue weighted by Crippen LogP contribution is 2.18. The first-order valence-electron chi connectivity index (χ1n) is 9.34. The molecule has 0 aliphatic rings. The quantitative estimate of drug-likeness (QED) is 0.231. The van der Waals surface area contributed by atoms with Crippen LogP contribution in [0.15, 0.2) is 89.0 Å². The lowest BCUT2D eigenvalue weighted by Gasteiger charge is -2.14. The van der Waals surface area contributed by atoms with Crippen molar-refractivity contribution in [2.45, 2.75) is 13.1 Å². The van der Waals surface area contributed by atoms with Gasteiger partial charge in [0.2, 0.25) is 5.89 Å². The molecule has 0 saturated carbocycles. The second-order valence-electron chi connectivity index (χ2n) is 6.39. The standard InChI is InChI=1S/C22H22N6O.HI/c1-23-22(25-13-18-9-5-6-10-20(18)28-12-11-24-16-28)26-14-19-15-29-21(27-19)17-7-3-2-4-8-17;/h2-12,15-16H,13-14H2,1H3,(H2,23,25,26);1H. The number of guanidine groups is 1. The van der Waals surface area contributed by atoms with Crippen LogP contribution in [-0.2, 0) is 13.1 Å². The maximum absolute atomic E-state index is 5.58. The number of benzene rings is 2. The van der Waals surface area contributed by atoms with E-state index in [2.05, 4.69) is 37.7 Å². The van der Waals surface area contributed by atoms with E-state index in [4.69, 9.17) is 4.42 Å². The zero-order valence-electron chi connectivity index (χ0n) is 16.5. The van der Waals surface area contributed by atoms with Gasteiger partial charge in [0.15, 0.2) is 5.96 Å². The minimum atomic E-state index is 0. The maximum Gasteiger partial charge on any atom is 0.226 e. The molecule has 2 aromatic carbocycles. The number of rotatable bonds is 6. The van der Waals surface area contributed by atoms with E-state index < -0.39 is 0 Å². The van der Waals surface area contributed by atoms with Gasteiger partial charge in [-0.25, -0.2) is 9.97 Å². The zero-order chi connectivity index (χ0) is 19.9. The fourth-order valence-corrected chi connectivity index (χ4v) is 2.99. The number of hydrogen-bond donors (Lipinski definition) is 2. The van der Waals surface area contributed by atoms with Gasteiger partial charge in [0, 0.05) is 31.5 Å². The van der Waals surface area contributed by atoms with Gasteiger partial charge in [-0.05, 0) is 23.8 Å². The van der Waals surface area contributed by atoms with Crippen molar-refractivity contribution in [3.05, 3.63) is 90.8 Å². The molecule has 30 heavy (non-hydrogen) atoms. The number of aliphatic imine (C=N–C) groups is 1. The highest BCUT2D eigenvalue weighted by Gasteiger charge is 2.08. The van der Waals surface area contributed by atoms with Crippen LogP contribution in [0.5, 0.6) is 0 Å². The minimum Gasteiger partial charge on any atom is -0.444 e. The third kappa shape index (κ3) is 5.26. The Kier molecular flexibility index (Phi) is 7.61. The topological polar surface area (TPSA) is 80.3 Å². The Labute approximate surface area is 192 Å². The minimum absolute atomic E-state index is 0. The summed E-state index contributed by atoms with van der Waals surface area (Å²) in [7, 11) is 1.75. The summed E-state index contributed by atoms with van der Waals surface area (Å²) in [6, 6.07) is 18.0. The fourth-order valence-electron chi connectivity index (χ4n) is 2.99. The third-order valence-corrected chi connectivity index (χ3v) is 4.45. The number of aromatic nitrogens is 3. The number of nitrogens with zero attached hydrogens (tertiary/aromatic N) is 4. The monoisotopic (exact) mass is 514 g/mol. The lowest BCUT2D eigenvalue weighted by Crippen LogP contribution is -2.36. The molecule has 0 unspecified atom stereocenters. The van der Waals surface area contributed by atoms with E-state index in [9.17, 15) is 0 Å². The van der Waals surface area contributed by atoms with Crippen molar-refractivity contribution in [2.24, 2.45) is 4.99 Å². The van der Waals surface area contributed by atoms with Crippen LogP contribution >= 0.6 is 24.0 Å². The first kappa shape index (κ1) is 21.6. The molecule has 2 aromatic heterocycles. The molecule has 0 amide bonds. The van der Waals surface area contributed by atoms with E-state index in [0.29, 0.717) is 24.9 Å². The summed E-state index contributed by atoms with van der Waals surface area (Å²) >= 11 is 0. The SMILES string of the molecule is CN=C(NCc1coc(-c2ccccc2)n1)NCc1ccccc1-n1ccnc1.I. The van der Waals surface area contributed by atoms with Crippen LogP contribution < -0.4 is 10.6 Å². The van der Waals surface area contributed by atoms with E-state index in [1.165, 1.54) is 0 Å². The van der Waals surface area contributed by atoms with Crippen molar-refractivity contribution in [3.63, 3.8) is 0 Å². The smallest absolute Gasteiger partial charge is 0.226 e. The highest BCUT2D eigenvalue weighted by molar-refractivity contribution is 14.0. The van der Waals surface area contributed by atoms with Gasteiger partial charge in [0.25, 0.3) is 0 Å². The summed E-state index contributed by atoms with van der Waals surface area (Å²) in [5, 5.41) is 6.62. The van der Waals surface area contributed by atoms with Crippen LogP contribution in [0.1, 0.15) is 11.3 Å². The Morgan fingerprint density at radius 3 is 2.57 bits per heavy atom. The summed E-state index contributed by atoms with van der Waals surface area (Å²) in [6.07, 6.45) is 7.16. The van der Waals surface area contributed by atoms with Gasteiger partial charge in [0.05, 0.1) is 24.3 Å². The Hall–Kier alpha value is -3.14. The van der Waals surface area contributed by atoms with E-state index in [1.54, 1.807) is 25.8 Å². The summed E-state index contributed by atoms with van der Waals surface area (Å²) in [5.74, 6) is 1.30. The molecule has 8 heteroatoms. The van der Waals surface area contributed by atoms with Gasteiger partial charge in [-0.15, -0.1) is 24.0 Å². The molecule has 0 saturated heterocycles. The molecule has 4 rings (SSSR count). The third-order valence-electron chi connectivity index (χ3n) is 4.45. The molecule has 0 bridgehead atoms. The van der Waals surface area contributed by atoms with Gasteiger partial charge in [0.1, 0.15) is 6.26 Å². The molecular weight excluding hydrogens is 491 g/mol. The second kappa shape index (κ2) is 10.6. The molecular formula is C22H23IN6O. The Morgan fingerprint density at radius 1 is 1.03 bits per heavy atom. The molecule has 0 spiro atoms. The van der Waals surface area contributed by atoms with Gasteiger partial charge in [-0.1, -0.05) is 36.4 Å². The van der Waals surface area contributed by atoms with Crippen molar-refractivity contribution >= 4 is 29.9 Å². The second-order valence-corrected chi connectivity index (χ2v) is 6.39. The molecule has 0 radical (unpaired) electrons. The lowest BCUT2D eigenvalue weighted by molar-refractivity contribution is 0.572. The largest absolute Gasteiger partial charge is 0.444 e. The van der Waals surface area contributed by atoms with Gasteiger partial charge >= 0.3 is 0 Å². The summed E-state index contributed by atoms with van der Waals surface area (Å²) in [6.45, 7) is 1.14. The normalized spacial score (nSPS) is 11.0. The zero-order valence-corrected chi connectivity index (χ0v) is 18.9. The maximum atomic E-state index is 5.58. The van der Waals surface area contributed by atoms with Crippen molar-refractivity contribution in [3.8, 4) is 17.1 Å². The number of hydrogen-bond acceptors (Lipinski definition) is 4. The highest BCUT2D eigenvalue weighted by atomic mass is 127. The van der Waals surface area contributed by atoms with Crippen LogP contribution in [0.3, 0.4) is 0 Å². The van der Waals surface area contributed by atoms with Crippen LogP contribution in [0, 0.1) is 0 Å². The molecule has 0 fully saturated rings. The van der Waals surface area contributed by atoms with Crippen molar-refractivity contribution in [1.82, 2.24) is 25.2 Å². The van der Waals surface area contributed by atoms with E-state index in [1.807, 2.05) is 53.2 Å². The van der Waals surface area contributed by atoms with Crippen molar-refractivity contribution in [2.75, 3.05) is 7.05 Å². The molecule has 0 atom stereocenters. The first-order chi connectivity index (χ1) is 14.3. The molecule has 4 aromatic rings. The van der Waals surface area contributed by atoms with E-state index >= 15 is 0 Å². The van der Waals surface area contributed by atoms with Crippen LogP contribution in [-0.4, -0.2) is 27.5 Å². The molecule has 0 aliphatic carbocycles. The van der Waals surface area contributed by atoms with Crippen molar-refractivity contribution in [1.29, 1.82) is 0 Å². The molecule has 2 N–H and O–H groups in total. The molecule has 0 aliphatic heterocycles. The summed E-state index contributed by atoms with van der Waals surface area (Å²) in [5.41, 5.74) is 3.99.